The van der Waals surface area contributed by atoms with Crippen molar-refractivity contribution in [2.24, 2.45) is 0 Å². The summed E-state index contributed by atoms with van der Waals surface area (Å²) in [4.78, 5) is 0.864. The minimum absolute atomic E-state index is 0.580. The molecule has 0 amide bonds. The Balaban J connectivity index is 1.85. The van der Waals surface area contributed by atoms with Gasteiger partial charge in [0.25, 0.3) is 0 Å². The summed E-state index contributed by atoms with van der Waals surface area (Å²) in [6.45, 7) is 1.31. The Morgan fingerprint density at radius 3 is 2.50 bits per heavy atom. The Morgan fingerprint density at radius 2 is 1.82 bits per heavy atom. The van der Waals surface area contributed by atoms with Gasteiger partial charge in [-0.25, -0.2) is 0 Å². The molecular weight excluding hydrogens is 298 g/mol. The maximum Gasteiger partial charge on any atom is 0.123 e. The van der Waals surface area contributed by atoms with Gasteiger partial charge < -0.3 is 14.8 Å². The van der Waals surface area contributed by atoms with Crippen LogP contribution in [-0.4, -0.2) is 30.7 Å². The first-order valence-electron chi connectivity index (χ1n) is 7.09. The van der Waals surface area contributed by atoms with Crippen LogP contribution in [0, 0.1) is 0 Å². The lowest BCUT2D eigenvalue weighted by atomic mass is 10.2. The topological polar surface area (TPSA) is 47.6 Å². The van der Waals surface area contributed by atoms with Gasteiger partial charge in [-0.3, -0.25) is 4.21 Å². The molecule has 0 bridgehead atoms. The summed E-state index contributed by atoms with van der Waals surface area (Å²) in [6, 6.07) is 15.2. The fourth-order valence-corrected chi connectivity index (χ4v) is 3.12. The first-order chi connectivity index (χ1) is 10.7. The molecule has 1 N–H and O–H groups in total. The molecule has 0 fully saturated rings. The van der Waals surface area contributed by atoms with E-state index in [4.69, 9.17) is 9.47 Å². The molecule has 1 atom stereocenters. The van der Waals surface area contributed by atoms with Crippen molar-refractivity contribution in [1.29, 1.82) is 0 Å². The SMILES string of the molecule is COc1ccc(OC)c(CNCC[S@](=O)c2ccccc2)c1. The van der Waals surface area contributed by atoms with E-state index in [1.807, 2.05) is 48.5 Å². The number of hydrogen-bond acceptors (Lipinski definition) is 4. The van der Waals surface area contributed by atoms with Gasteiger partial charge in [0.15, 0.2) is 0 Å². The van der Waals surface area contributed by atoms with Gasteiger partial charge in [0, 0.05) is 29.3 Å². The molecule has 0 saturated heterocycles. The number of nitrogens with one attached hydrogen (secondary N) is 1. The highest BCUT2D eigenvalue weighted by atomic mass is 32.2. The second-order valence-corrected chi connectivity index (χ2v) is 6.29. The van der Waals surface area contributed by atoms with Gasteiger partial charge in [0.1, 0.15) is 11.5 Å². The summed E-state index contributed by atoms with van der Waals surface area (Å²) in [7, 11) is 2.32. The van der Waals surface area contributed by atoms with E-state index >= 15 is 0 Å². The Kier molecular flexibility index (Phi) is 6.43. The Hall–Kier alpha value is -1.85. The molecule has 118 valence electrons. The number of benzene rings is 2. The number of methoxy groups -OCH3 is 2. The summed E-state index contributed by atoms with van der Waals surface area (Å²) in [5, 5.41) is 3.30. The quantitative estimate of drug-likeness (QED) is 0.760. The normalized spacial score (nSPS) is 11.9. The third-order valence-corrected chi connectivity index (χ3v) is 4.65. The molecule has 2 rings (SSSR count). The minimum Gasteiger partial charge on any atom is -0.497 e. The van der Waals surface area contributed by atoms with Gasteiger partial charge in [-0.15, -0.1) is 0 Å². The van der Waals surface area contributed by atoms with Crippen molar-refractivity contribution < 1.29 is 13.7 Å². The number of hydrogen-bond donors (Lipinski definition) is 1. The molecule has 0 spiro atoms. The zero-order valence-electron chi connectivity index (χ0n) is 12.9. The van der Waals surface area contributed by atoms with Crippen LogP contribution >= 0.6 is 0 Å². The average Bonchev–Trinajstić information content (AvgIpc) is 2.59. The third kappa shape index (κ3) is 4.58. The van der Waals surface area contributed by atoms with Gasteiger partial charge in [-0.1, -0.05) is 18.2 Å². The van der Waals surface area contributed by atoms with E-state index in [9.17, 15) is 4.21 Å². The highest BCUT2D eigenvalue weighted by molar-refractivity contribution is 7.85. The van der Waals surface area contributed by atoms with Crippen LogP contribution in [0.15, 0.2) is 53.4 Å². The van der Waals surface area contributed by atoms with Crippen LogP contribution in [0.4, 0.5) is 0 Å². The van der Waals surface area contributed by atoms with Crippen molar-refractivity contribution in [2.45, 2.75) is 11.4 Å². The summed E-state index contributed by atoms with van der Waals surface area (Å²) >= 11 is 0. The number of ether oxygens (including phenoxy) is 2. The van der Waals surface area contributed by atoms with Crippen molar-refractivity contribution in [3.05, 3.63) is 54.1 Å². The minimum atomic E-state index is -0.973. The summed E-state index contributed by atoms with van der Waals surface area (Å²) in [5.41, 5.74) is 1.02. The maximum absolute atomic E-state index is 12.1. The van der Waals surface area contributed by atoms with Crippen molar-refractivity contribution in [1.82, 2.24) is 5.32 Å². The lowest BCUT2D eigenvalue weighted by Gasteiger charge is -2.11. The zero-order chi connectivity index (χ0) is 15.8. The molecule has 0 heterocycles. The fraction of sp³-hybridized carbons (Fsp3) is 0.294. The molecule has 0 saturated carbocycles. The van der Waals surface area contributed by atoms with E-state index in [0.29, 0.717) is 18.8 Å². The predicted octanol–water partition coefficient (Wildman–Crippen LogP) is 2.60. The molecule has 2 aromatic carbocycles. The first-order valence-corrected chi connectivity index (χ1v) is 8.41. The van der Waals surface area contributed by atoms with Crippen LogP contribution in [0.2, 0.25) is 0 Å². The van der Waals surface area contributed by atoms with Gasteiger partial charge in [-0.2, -0.15) is 0 Å². The van der Waals surface area contributed by atoms with Crippen molar-refractivity contribution in [3.63, 3.8) is 0 Å². The van der Waals surface area contributed by atoms with E-state index in [1.165, 1.54) is 0 Å². The maximum atomic E-state index is 12.1. The molecule has 4 nitrogen and oxygen atoms in total. The third-order valence-electron chi connectivity index (χ3n) is 3.27. The molecule has 0 unspecified atom stereocenters. The zero-order valence-corrected chi connectivity index (χ0v) is 13.7. The number of rotatable bonds is 8. The van der Waals surface area contributed by atoms with E-state index < -0.39 is 10.8 Å². The highest BCUT2D eigenvalue weighted by Gasteiger charge is 2.06. The van der Waals surface area contributed by atoms with Gasteiger partial charge in [0.2, 0.25) is 0 Å². The Labute approximate surface area is 133 Å². The Bertz CT molecular complexity index is 617. The van der Waals surface area contributed by atoms with Crippen molar-refractivity contribution >= 4 is 10.8 Å². The molecular formula is C17H21NO3S. The molecule has 0 aliphatic heterocycles. The lowest BCUT2D eigenvalue weighted by molar-refractivity contribution is 0.397. The van der Waals surface area contributed by atoms with Crippen molar-refractivity contribution in [2.75, 3.05) is 26.5 Å². The standard InChI is InChI=1S/C17H21NO3S/c1-20-15-8-9-17(21-2)14(12-15)13-18-10-11-22(19)16-6-4-3-5-7-16/h3-9,12,18H,10-11,13H2,1-2H3/t22-/m0/s1. The van der Waals surface area contributed by atoms with Gasteiger partial charge in [0.05, 0.1) is 25.0 Å². The van der Waals surface area contributed by atoms with Crippen LogP contribution in [-0.2, 0) is 17.3 Å². The fourth-order valence-electron chi connectivity index (χ4n) is 2.10. The van der Waals surface area contributed by atoms with Gasteiger partial charge >= 0.3 is 0 Å². The Morgan fingerprint density at radius 1 is 1.05 bits per heavy atom. The molecule has 0 aliphatic carbocycles. The predicted molar refractivity (Wildman–Crippen MR) is 89.0 cm³/mol. The van der Waals surface area contributed by atoms with E-state index in [-0.39, 0.29) is 0 Å². The van der Waals surface area contributed by atoms with Crippen LogP contribution in [0.1, 0.15) is 5.56 Å². The second-order valence-electron chi connectivity index (χ2n) is 4.72. The van der Waals surface area contributed by atoms with E-state index in [0.717, 1.165) is 22.0 Å². The summed E-state index contributed by atoms with van der Waals surface area (Å²) < 4.78 is 22.7. The summed E-state index contributed by atoms with van der Waals surface area (Å²) in [5.74, 6) is 2.19. The molecule has 2 aromatic rings. The first kappa shape index (κ1) is 16.5. The lowest BCUT2D eigenvalue weighted by Crippen LogP contribution is -2.20. The second kappa shape index (κ2) is 8.56. The average molecular weight is 319 g/mol. The molecule has 22 heavy (non-hydrogen) atoms. The van der Waals surface area contributed by atoms with Crippen molar-refractivity contribution in [3.8, 4) is 11.5 Å². The smallest absolute Gasteiger partial charge is 0.123 e. The molecule has 0 radical (unpaired) electrons. The summed E-state index contributed by atoms with van der Waals surface area (Å²) in [6.07, 6.45) is 0. The van der Waals surface area contributed by atoms with E-state index in [1.54, 1.807) is 14.2 Å². The van der Waals surface area contributed by atoms with Crippen LogP contribution in [0.3, 0.4) is 0 Å². The highest BCUT2D eigenvalue weighted by Crippen LogP contribution is 2.23. The van der Waals surface area contributed by atoms with Crippen LogP contribution in [0.25, 0.3) is 0 Å². The van der Waals surface area contributed by atoms with E-state index in [2.05, 4.69) is 5.32 Å². The monoisotopic (exact) mass is 319 g/mol. The molecule has 0 aliphatic rings. The van der Waals surface area contributed by atoms with Gasteiger partial charge in [-0.05, 0) is 30.3 Å². The largest absolute Gasteiger partial charge is 0.497 e. The van der Waals surface area contributed by atoms with Crippen LogP contribution < -0.4 is 14.8 Å². The van der Waals surface area contributed by atoms with Crippen LogP contribution in [0.5, 0.6) is 11.5 Å². The molecule has 0 aromatic heterocycles. The molecule has 5 heteroatoms.